The van der Waals surface area contributed by atoms with E-state index in [4.69, 9.17) is 15.2 Å². The highest BCUT2D eigenvalue weighted by atomic mass is 16.7. The van der Waals surface area contributed by atoms with E-state index in [9.17, 15) is 10.5 Å². The minimum Gasteiger partial charge on any atom is -0.386 e. The summed E-state index contributed by atoms with van der Waals surface area (Å²) >= 11 is 0. The van der Waals surface area contributed by atoms with E-state index in [-0.39, 0.29) is 5.84 Å². The van der Waals surface area contributed by atoms with E-state index in [2.05, 4.69) is 17.1 Å². The second-order valence-corrected chi connectivity index (χ2v) is 7.02. The third-order valence-corrected chi connectivity index (χ3v) is 6.28. The molecule has 130 valence electrons. The first kappa shape index (κ1) is 17.2. The van der Waals surface area contributed by atoms with Gasteiger partial charge in [-0.3, -0.25) is 0 Å². The van der Waals surface area contributed by atoms with Gasteiger partial charge in [-0.1, -0.05) is 32.1 Å². The fourth-order valence-electron chi connectivity index (χ4n) is 5.48. The van der Waals surface area contributed by atoms with Gasteiger partial charge < -0.3 is 15.2 Å². The molecule has 0 radical (unpaired) electrons. The molecule has 6 nitrogen and oxygen atoms in total. The maximum absolute atomic E-state index is 10.3. The van der Waals surface area contributed by atoms with Crippen LogP contribution in [0, 0.1) is 38.9 Å². The lowest BCUT2D eigenvalue weighted by molar-refractivity contribution is -0.261. The first-order chi connectivity index (χ1) is 11.6. The number of nitriles is 2. The smallest absolute Gasteiger partial charge is 0.293 e. The van der Waals surface area contributed by atoms with Gasteiger partial charge in [-0.05, 0) is 26.7 Å². The van der Waals surface area contributed by atoms with Crippen molar-refractivity contribution in [3.63, 3.8) is 0 Å². The van der Waals surface area contributed by atoms with E-state index < -0.39 is 22.2 Å². The van der Waals surface area contributed by atoms with Crippen LogP contribution < -0.4 is 5.73 Å². The molecule has 0 amide bonds. The monoisotopic (exact) mass is 330 g/mol. The Labute approximate surface area is 143 Å². The molecule has 0 aromatic heterocycles. The quantitative estimate of drug-likeness (QED) is 0.798. The van der Waals surface area contributed by atoms with Crippen molar-refractivity contribution >= 4 is 5.84 Å². The number of hydrogen-bond donors (Lipinski definition) is 1. The molecule has 0 aromatic rings. The van der Waals surface area contributed by atoms with E-state index >= 15 is 0 Å². The Balaban J connectivity index is 2.18. The SMILES string of the molecule is CCOC1(OCC)N=C(N)[C@@]2(C#N)C3(CCCCCCC3)[C@@]12C#N. The molecular weight excluding hydrogens is 304 g/mol. The van der Waals surface area contributed by atoms with Crippen molar-refractivity contribution in [1.29, 1.82) is 10.5 Å². The van der Waals surface area contributed by atoms with Crippen molar-refractivity contribution in [2.75, 3.05) is 13.2 Å². The maximum Gasteiger partial charge on any atom is 0.293 e. The average molecular weight is 330 g/mol. The number of fused-ring (bicyclic) bond motifs is 3. The lowest BCUT2D eigenvalue weighted by Crippen LogP contribution is -2.45. The second-order valence-electron chi connectivity index (χ2n) is 7.02. The van der Waals surface area contributed by atoms with Gasteiger partial charge in [-0.15, -0.1) is 0 Å². The van der Waals surface area contributed by atoms with Gasteiger partial charge in [-0.25, -0.2) is 4.99 Å². The summed E-state index contributed by atoms with van der Waals surface area (Å²) in [5.74, 6) is -1.24. The number of amidine groups is 1. The van der Waals surface area contributed by atoms with Gasteiger partial charge in [-0.2, -0.15) is 10.5 Å². The maximum atomic E-state index is 10.3. The molecular formula is C18H26N4O2. The van der Waals surface area contributed by atoms with Gasteiger partial charge in [0.2, 0.25) is 0 Å². The Hall–Kier alpha value is -1.63. The van der Waals surface area contributed by atoms with Crippen molar-refractivity contribution < 1.29 is 9.47 Å². The van der Waals surface area contributed by atoms with Crippen molar-refractivity contribution in [3.05, 3.63) is 0 Å². The number of nitrogens with two attached hydrogens (primary N) is 1. The van der Waals surface area contributed by atoms with Crippen LogP contribution in [0.1, 0.15) is 58.8 Å². The highest BCUT2D eigenvalue weighted by Gasteiger charge is 2.99. The molecule has 24 heavy (non-hydrogen) atoms. The second kappa shape index (κ2) is 5.72. The Morgan fingerprint density at radius 2 is 1.54 bits per heavy atom. The van der Waals surface area contributed by atoms with E-state index in [1.54, 1.807) is 0 Å². The Morgan fingerprint density at radius 1 is 1.00 bits per heavy atom. The number of nitrogens with zero attached hydrogens (tertiary/aromatic N) is 3. The minimum atomic E-state index is -1.45. The third kappa shape index (κ3) is 1.59. The first-order valence-corrected chi connectivity index (χ1v) is 9.04. The predicted octanol–water partition coefficient (Wildman–Crippen LogP) is 2.85. The first-order valence-electron chi connectivity index (χ1n) is 9.04. The zero-order valence-corrected chi connectivity index (χ0v) is 14.6. The standard InChI is InChI=1S/C18H26N4O2/c1-3-23-18(24-4-2)17(13-20)15(10-8-6-5-7-9-11-15)16(17,12-19)14(21)22-18/h3-11H2,1-2H3,(H2,21,22)/t16-,17+/m0/s1. The highest BCUT2D eigenvalue weighted by Crippen LogP contribution is 2.88. The summed E-state index contributed by atoms with van der Waals surface area (Å²) in [5.41, 5.74) is 3.53. The van der Waals surface area contributed by atoms with Crippen molar-refractivity contribution in [1.82, 2.24) is 0 Å². The van der Waals surface area contributed by atoms with Crippen LogP contribution in [0.3, 0.4) is 0 Å². The zero-order valence-electron chi connectivity index (χ0n) is 14.6. The predicted molar refractivity (Wildman–Crippen MR) is 88.4 cm³/mol. The molecule has 2 saturated carbocycles. The van der Waals surface area contributed by atoms with Crippen molar-refractivity contribution in [2.24, 2.45) is 27.0 Å². The zero-order chi connectivity index (χ0) is 17.5. The Morgan fingerprint density at radius 3 is 2.00 bits per heavy atom. The molecule has 0 saturated heterocycles. The van der Waals surface area contributed by atoms with Crippen LogP contribution in [-0.4, -0.2) is 25.0 Å². The van der Waals surface area contributed by atoms with Gasteiger partial charge in [0.15, 0.2) is 5.41 Å². The number of ether oxygens (including phenoxy) is 2. The lowest BCUT2D eigenvalue weighted by Gasteiger charge is -2.35. The van der Waals surface area contributed by atoms with Gasteiger partial charge in [0.25, 0.3) is 5.91 Å². The average Bonchev–Trinajstić information content (AvgIpc) is 3.01. The topological polar surface area (TPSA) is 104 Å². The summed E-state index contributed by atoms with van der Waals surface area (Å²) in [4.78, 5) is 4.42. The molecule has 0 aromatic carbocycles. The molecule has 2 aliphatic carbocycles. The van der Waals surface area contributed by atoms with Crippen LogP contribution in [0.25, 0.3) is 0 Å². The Bertz CT molecular complexity index is 618. The van der Waals surface area contributed by atoms with E-state index in [1.165, 1.54) is 6.42 Å². The summed E-state index contributed by atoms with van der Waals surface area (Å²) in [6.07, 6.45) is 7.04. The molecule has 6 heteroatoms. The molecule has 2 atom stereocenters. The van der Waals surface area contributed by atoms with E-state index in [0.717, 1.165) is 38.5 Å². The van der Waals surface area contributed by atoms with Crippen LogP contribution >= 0.6 is 0 Å². The summed E-state index contributed by atoms with van der Waals surface area (Å²) in [6.45, 7) is 4.38. The molecule has 2 N–H and O–H groups in total. The van der Waals surface area contributed by atoms with Gasteiger partial charge in [0, 0.05) is 18.6 Å². The van der Waals surface area contributed by atoms with Gasteiger partial charge in [0.1, 0.15) is 11.3 Å². The number of hydrogen-bond acceptors (Lipinski definition) is 6. The molecule has 2 fully saturated rings. The molecule has 0 bridgehead atoms. The largest absolute Gasteiger partial charge is 0.386 e. The summed E-state index contributed by atoms with van der Waals surface area (Å²) in [6, 6.07) is 4.84. The molecule has 1 aliphatic heterocycles. The molecule has 1 heterocycles. The third-order valence-electron chi connectivity index (χ3n) is 6.28. The van der Waals surface area contributed by atoms with E-state index in [0.29, 0.717) is 13.2 Å². The molecule has 3 rings (SSSR count). The van der Waals surface area contributed by atoms with Crippen LogP contribution in [0.2, 0.25) is 0 Å². The van der Waals surface area contributed by atoms with E-state index in [1.807, 2.05) is 13.8 Å². The van der Waals surface area contributed by atoms with Crippen LogP contribution in [-0.2, 0) is 9.47 Å². The molecule has 1 spiro atoms. The highest BCUT2D eigenvalue weighted by molar-refractivity contribution is 6.00. The summed E-state index contributed by atoms with van der Waals surface area (Å²) in [5, 5.41) is 20.4. The van der Waals surface area contributed by atoms with Crippen molar-refractivity contribution in [3.8, 4) is 12.1 Å². The fourth-order valence-corrected chi connectivity index (χ4v) is 5.48. The molecule has 3 aliphatic rings. The number of rotatable bonds is 4. The summed E-state index contributed by atoms with van der Waals surface area (Å²) in [7, 11) is 0. The van der Waals surface area contributed by atoms with Crippen LogP contribution in [0.5, 0.6) is 0 Å². The van der Waals surface area contributed by atoms with Crippen LogP contribution in [0.15, 0.2) is 4.99 Å². The van der Waals surface area contributed by atoms with Crippen molar-refractivity contribution in [2.45, 2.75) is 64.7 Å². The van der Waals surface area contributed by atoms with Gasteiger partial charge >= 0.3 is 0 Å². The minimum absolute atomic E-state index is 0.217. The van der Waals surface area contributed by atoms with Crippen LogP contribution in [0.4, 0.5) is 0 Å². The fraction of sp³-hybridized carbons (Fsp3) is 0.833. The molecule has 0 unspecified atom stereocenters. The normalized spacial score (nSPS) is 35.9. The number of aliphatic imine (C=N–C) groups is 1. The van der Waals surface area contributed by atoms with Gasteiger partial charge in [0.05, 0.1) is 12.1 Å². The Kier molecular flexibility index (Phi) is 4.10. The lowest BCUT2D eigenvalue weighted by atomic mass is 9.78. The summed E-state index contributed by atoms with van der Waals surface area (Å²) < 4.78 is 11.8.